The van der Waals surface area contributed by atoms with Crippen molar-refractivity contribution >= 4 is 11.6 Å². The molecular formula is C6H11ClZn. The van der Waals surface area contributed by atoms with Crippen LogP contribution in [0.4, 0.5) is 0 Å². The minimum atomic E-state index is 0. The Balaban J connectivity index is 0.000000490. The predicted molar refractivity (Wildman–Crippen MR) is 32.7 cm³/mol. The average Bonchev–Trinajstić information content (AvgIpc) is 1.69. The van der Waals surface area contributed by atoms with Crippen LogP contribution < -0.4 is 0 Å². The topological polar surface area (TPSA) is 0 Å². The van der Waals surface area contributed by atoms with E-state index in [0.717, 1.165) is 0 Å². The van der Waals surface area contributed by atoms with Gasteiger partial charge < -0.3 is 0 Å². The molecule has 1 saturated carbocycles. The molecule has 0 spiro atoms. The third-order valence-corrected chi connectivity index (χ3v) is 1.97. The number of hydrogen-bond acceptors (Lipinski definition) is 0. The van der Waals surface area contributed by atoms with E-state index in [9.17, 15) is 0 Å². The van der Waals surface area contributed by atoms with Gasteiger partial charge in [0.15, 0.2) is 0 Å². The maximum atomic E-state index is 5.82. The van der Waals surface area contributed by atoms with Crippen molar-refractivity contribution in [1.29, 1.82) is 0 Å². The third-order valence-electron chi connectivity index (χ3n) is 1.53. The fraction of sp³-hybridized carbons (Fsp3) is 1.00. The van der Waals surface area contributed by atoms with Gasteiger partial charge in [-0.3, -0.25) is 0 Å². The van der Waals surface area contributed by atoms with Crippen LogP contribution in [0, 0.1) is 0 Å². The molecule has 1 aliphatic carbocycles. The van der Waals surface area contributed by atoms with Gasteiger partial charge in [-0.2, -0.15) is 0 Å². The molecule has 0 N–H and O–H groups in total. The maximum Gasteiger partial charge on any atom is 0.0336 e. The van der Waals surface area contributed by atoms with Gasteiger partial charge in [0, 0.05) is 24.9 Å². The minimum absolute atomic E-state index is 0. The monoisotopic (exact) mass is 182 g/mol. The van der Waals surface area contributed by atoms with E-state index >= 15 is 0 Å². The Morgan fingerprint density at radius 1 is 1.00 bits per heavy atom. The molecule has 0 radical (unpaired) electrons. The van der Waals surface area contributed by atoms with E-state index in [1.54, 1.807) is 0 Å². The molecule has 1 aliphatic rings. The largest absolute Gasteiger partial charge is 0.123 e. The van der Waals surface area contributed by atoms with Gasteiger partial charge in [0.1, 0.15) is 0 Å². The van der Waals surface area contributed by atoms with Gasteiger partial charge in [0.25, 0.3) is 0 Å². The van der Waals surface area contributed by atoms with Crippen LogP contribution in [0.3, 0.4) is 0 Å². The number of hydrogen-bond donors (Lipinski definition) is 0. The number of halogens is 1. The molecule has 8 heavy (non-hydrogen) atoms. The fourth-order valence-corrected chi connectivity index (χ4v) is 1.36. The molecule has 0 bridgehead atoms. The van der Waals surface area contributed by atoms with E-state index in [1.807, 2.05) is 0 Å². The van der Waals surface area contributed by atoms with Gasteiger partial charge in [-0.15, -0.1) is 11.6 Å². The summed E-state index contributed by atoms with van der Waals surface area (Å²) in [6.07, 6.45) is 6.62. The molecular weight excluding hydrogens is 173 g/mol. The molecule has 0 amide bonds. The van der Waals surface area contributed by atoms with Crippen molar-refractivity contribution in [2.75, 3.05) is 0 Å². The zero-order chi connectivity index (χ0) is 5.11. The van der Waals surface area contributed by atoms with E-state index in [2.05, 4.69) is 0 Å². The van der Waals surface area contributed by atoms with Crippen LogP contribution in [0.1, 0.15) is 32.1 Å². The van der Waals surface area contributed by atoms with Gasteiger partial charge in [-0.05, 0) is 12.8 Å². The van der Waals surface area contributed by atoms with Crippen LogP contribution in [0.25, 0.3) is 0 Å². The molecule has 0 aromatic rings. The van der Waals surface area contributed by atoms with Crippen molar-refractivity contribution in [1.82, 2.24) is 0 Å². The Labute approximate surface area is 68.7 Å². The van der Waals surface area contributed by atoms with Gasteiger partial charge >= 0.3 is 0 Å². The summed E-state index contributed by atoms with van der Waals surface area (Å²) in [5, 5.41) is 0.508. The Morgan fingerprint density at radius 3 is 1.75 bits per heavy atom. The number of rotatable bonds is 0. The third kappa shape index (κ3) is 3.04. The first kappa shape index (κ1) is 8.91. The average molecular weight is 184 g/mol. The van der Waals surface area contributed by atoms with Crippen molar-refractivity contribution < 1.29 is 19.5 Å². The molecule has 0 aromatic heterocycles. The zero-order valence-electron chi connectivity index (χ0n) is 5.20. The summed E-state index contributed by atoms with van der Waals surface area (Å²) in [5.74, 6) is 0. The van der Waals surface area contributed by atoms with Crippen LogP contribution in [0.5, 0.6) is 0 Å². The normalized spacial score (nSPS) is 22.1. The summed E-state index contributed by atoms with van der Waals surface area (Å²) in [4.78, 5) is 0. The SMILES string of the molecule is ClC1CCCCC1.[Zn]. The van der Waals surface area contributed by atoms with E-state index in [4.69, 9.17) is 11.6 Å². The number of alkyl halides is 1. The van der Waals surface area contributed by atoms with Crippen molar-refractivity contribution in [2.45, 2.75) is 37.5 Å². The Kier molecular flexibility index (Phi) is 5.30. The molecule has 2 heteroatoms. The summed E-state index contributed by atoms with van der Waals surface area (Å²) in [6, 6.07) is 0. The second kappa shape index (κ2) is 4.76. The first-order valence-corrected chi connectivity index (χ1v) is 3.47. The van der Waals surface area contributed by atoms with E-state index in [0.29, 0.717) is 5.38 Å². The van der Waals surface area contributed by atoms with Gasteiger partial charge in [-0.25, -0.2) is 0 Å². The van der Waals surface area contributed by atoms with Gasteiger partial charge in [0.05, 0.1) is 0 Å². The second-order valence-corrected chi connectivity index (χ2v) is 2.85. The minimum Gasteiger partial charge on any atom is -0.123 e. The molecule has 0 heterocycles. The van der Waals surface area contributed by atoms with Crippen LogP contribution in [-0.2, 0) is 19.5 Å². The van der Waals surface area contributed by atoms with Crippen molar-refractivity contribution in [2.24, 2.45) is 0 Å². The Morgan fingerprint density at radius 2 is 1.50 bits per heavy atom. The summed E-state index contributed by atoms with van der Waals surface area (Å²) in [6.45, 7) is 0. The molecule has 0 aliphatic heterocycles. The maximum absolute atomic E-state index is 5.82. The van der Waals surface area contributed by atoms with Crippen molar-refractivity contribution in [3.05, 3.63) is 0 Å². The van der Waals surface area contributed by atoms with E-state index in [1.165, 1.54) is 32.1 Å². The molecule has 0 saturated heterocycles. The van der Waals surface area contributed by atoms with Gasteiger partial charge in [0.2, 0.25) is 0 Å². The van der Waals surface area contributed by atoms with Crippen LogP contribution in [0.15, 0.2) is 0 Å². The Bertz CT molecular complexity index is 50.5. The smallest absolute Gasteiger partial charge is 0.0336 e. The van der Waals surface area contributed by atoms with E-state index in [-0.39, 0.29) is 19.5 Å². The molecule has 0 unspecified atom stereocenters. The first-order valence-electron chi connectivity index (χ1n) is 3.03. The fourth-order valence-electron chi connectivity index (χ4n) is 1.05. The zero-order valence-corrected chi connectivity index (χ0v) is 8.92. The molecule has 0 aromatic carbocycles. The van der Waals surface area contributed by atoms with Gasteiger partial charge in [-0.1, -0.05) is 19.3 Å². The van der Waals surface area contributed by atoms with E-state index < -0.39 is 0 Å². The molecule has 0 atom stereocenters. The molecule has 1 rings (SSSR count). The van der Waals surface area contributed by atoms with Crippen LogP contribution in [-0.4, -0.2) is 5.38 Å². The van der Waals surface area contributed by atoms with Crippen LogP contribution in [0.2, 0.25) is 0 Å². The molecule has 1 fully saturated rings. The van der Waals surface area contributed by atoms with Crippen LogP contribution >= 0.6 is 11.6 Å². The predicted octanol–water partition coefficient (Wildman–Crippen LogP) is 2.56. The molecule has 0 nitrogen and oxygen atoms in total. The van der Waals surface area contributed by atoms with Crippen molar-refractivity contribution in [3.63, 3.8) is 0 Å². The standard InChI is InChI=1S/C6H11Cl.Zn/c7-6-4-2-1-3-5-6;/h6H,1-5H2;. The summed E-state index contributed by atoms with van der Waals surface area (Å²) >= 11 is 5.82. The summed E-state index contributed by atoms with van der Waals surface area (Å²) < 4.78 is 0. The summed E-state index contributed by atoms with van der Waals surface area (Å²) in [7, 11) is 0. The van der Waals surface area contributed by atoms with Crippen molar-refractivity contribution in [3.8, 4) is 0 Å². The Hall–Kier alpha value is 0.913. The first-order chi connectivity index (χ1) is 3.39. The quantitative estimate of drug-likeness (QED) is 0.400. The second-order valence-electron chi connectivity index (χ2n) is 2.24. The summed E-state index contributed by atoms with van der Waals surface area (Å²) in [5.41, 5.74) is 0. The molecule has 44 valence electrons.